The zero-order valence-corrected chi connectivity index (χ0v) is 10.5. The summed E-state index contributed by atoms with van der Waals surface area (Å²) in [6.07, 6.45) is 5.36. The molecule has 0 saturated heterocycles. The molecule has 17 heavy (non-hydrogen) atoms. The van der Waals surface area contributed by atoms with Crippen molar-refractivity contribution >= 4 is 27.4 Å². The Hall–Kier alpha value is -1.20. The van der Waals surface area contributed by atoms with Gasteiger partial charge in [0.15, 0.2) is 0 Å². The second kappa shape index (κ2) is 4.58. The largest absolute Gasteiger partial charge is 0.381 e. The van der Waals surface area contributed by atoms with Gasteiger partial charge >= 0.3 is 0 Å². The Kier molecular flexibility index (Phi) is 2.94. The van der Waals surface area contributed by atoms with E-state index in [0.717, 1.165) is 35.3 Å². The normalized spacial score (nSPS) is 24.3. The van der Waals surface area contributed by atoms with Crippen LogP contribution in [0.5, 0.6) is 0 Å². The number of fused-ring (bicyclic) bond motifs is 1. The maximum atomic E-state index is 5.38. The summed E-state index contributed by atoms with van der Waals surface area (Å²) in [4.78, 5) is 9.63. The third-order valence-electron chi connectivity index (χ3n) is 3.32. The first-order valence-corrected chi connectivity index (χ1v) is 6.72. The van der Waals surface area contributed by atoms with E-state index >= 15 is 0 Å². The monoisotopic (exact) mass is 249 g/mol. The minimum atomic E-state index is 0.396. The molecule has 0 aliphatic heterocycles. The Morgan fingerprint density at radius 3 is 3.18 bits per heavy atom. The third kappa shape index (κ3) is 2.12. The van der Waals surface area contributed by atoms with Crippen LogP contribution in [0.15, 0.2) is 17.8 Å². The van der Waals surface area contributed by atoms with Crippen LogP contribution in [0.3, 0.4) is 0 Å². The van der Waals surface area contributed by atoms with Gasteiger partial charge in [-0.25, -0.2) is 9.97 Å². The van der Waals surface area contributed by atoms with E-state index in [1.54, 1.807) is 24.8 Å². The Morgan fingerprint density at radius 2 is 2.35 bits per heavy atom. The molecule has 2 heterocycles. The van der Waals surface area contributed by atoms with Crippen LogP contribution < -0.4 is 5.32 Å². The number of aromatic nitrogens is 2. The van der Waals surface area contributed by atoms with Crippen molar-refractivity contribution in [3.8, 4) is 0 Å². The van der Waals surface area contributed by atoms with E-state index in [1.807, 2.05) is 0 Å². The summed E-state index contributed by atoms with van der Waals surface area (Å²) in [5.74, 6) is 0.956. The molecule has 1 fully saturated rings. The second-order valence-electron chi connectivity index (χ2n) is 4.37. The van der Waals surface area contributed by atoms with Gasteiger partial charge in [-0.1, -0.05) is 0 Å². The molecule has 5 heteroatoms. The molecule has 2 aromatic heterocycles. The van der Waals surface area contributed by atoms with Crippen LogP contribution in [0.25, 0.3) is 10.2 Å². The quantitative estimate of drug-likeness (QED) is 0.908. The summed E-state index contributed by atoms with van der Waals surface area (Å²) in [6, 6.07) is 2.54. The molecule has 2 unspecified atom stereocenters. The van der Waals surface area contributed by atoms with Gasteiger partial charge in [-0.15, -0.1) is 11.3 Å². The van der Waals surface area contributed by atoms with E-state index in [4.69, 9.17) is 4.74 Å². The highest BCUT2D eigenvalue weighted by atomic mass is 32.1. The fourth-order valence-corrected chi connectivity index (χ4v) is 3.12. The van der Waals surface area contributed by atoms with Crippen molar-refractivity contribution in [2.75, 3.05) is 12.4 Å². The SMILES string of the molecule is COC1CCC(Nc2ncnc3sccc23)C1. The molecule has 0 radical (unpaired) electrons. The van der Waals surface area contributed by atoms with Crippen molar-refractivity contribution in [3.05, 3.63) is 17.8 Å². The van der Waals surface area contributed by atoms with Gasteiger partial charge in [0.25, 0.3) is 0 Å². The maximum absolute atomic E-state index is 5.38. The van der Waals surface area contributed by atoms with Gasteiger partial charge in [0.05, 0.1) is 11.5 Å². The Bertz CT molecular complexity index is 513. The highest BCUT2D eigenvalue weighted by Gasteiger charge is 2.24. The zero-order chi connectivity index (χ0) is 11.7. The maximum Gasteiger partial charge on any atom is 0.138 e. The fraction of sp³-hybridized carbons (Fsp3) is 0.500. The number of rotatable bonds is 3. The Morgan fingerprint density at radius 1 is 1.41 bits per heavy atom. The van der Waals surface area contributed by atoms with E-state index < -0.39 is 0 Å². The molecule has 0 amide bonds. The Labute approximate surface area is 104 Å². The van der Waals surface area contributed by atoms with Crippen molar-refractivity contribution in [2.45, 2.75) is 31.4 Å². The second-order valence-corrected chi connectivity index (χ2v) is 5.27. The molecule has 0 bridgehead atoms. The average molecular weight is 249 g/mol. The van der Waals surface area contributed by atoms with Crippen LogP contribution >= 0.6 is 11.3 Å². The third-order valence-corrected chi connectivity index (χ3v) is 4.14. The van der Waals surface area contributed by atoms with E-state index in [9.17, 15) is 0 Å². The number of anilines is 1. The molecular formula is C12H15N3OS. The molecule has 4 nitrogen and oxygen atoms in total. The number of hydrogen-bond acceptors (Lipinski definition) is 5. The molecular weight excluding hydrogens is 234 g/mol. The van der Waals surface area contributed by atoms with Gasteiger partial charge in [0, 0.05) is 13.2 Å². The smallest absolute Gasteiger partial charge is 0.138 e. The topological polar surface area (TPSA) is 47.0 Å². The lowest BCUT2D eigenvalue weighted by atomic mass is 10.2. The van der Waals surface area contributed by atoms with Gasteiger partial charge in [-0.3, -0.25) is 0 Å². The first-order valence-electron chi connectivity index (χ1n) is 5.84. The number of nitrogens with zero attached hydrogens (tertiary/aromatic N) is 2. The molecule has 2 aromatic rings. The van der Waals surface area contributed by atoms with Crippen molar-refractivity contribution in [1.29, 1.82) is 0 Å². The van der Waals surface area contributed by atoms with Gasteiger partial charge in [-0.05, 0) is 30.7 Å². The number of ether oxygens (including phenoxy) is 1. The lowest BCUT2D eigenvalue weighted by Gasteiger charge is -2.13. The van der Waals surface area contributed by atoms with Crippen LogP contribution in [-0.4, -0.2) is 29.2 Å². The molecule has 2 atom stereocenters. The molecule has 0 aromatic carbocycles. The van der Waals surface area contributed by atoms with Gasteiger partial charge in [0.1, 0.15) is 17.0 Å². The fourth-order valence-electron chi connectivity index (χ4n) is 2.38. The van der Waals surface area contributed by atoms with Gasteiger partial charge in [-0.2, -0.15) is 0 Å². The first-order chi connectivity index (χ1) is 8.36. The number of methoxy groups -OCH3 is 1. The van der Waals surface area contributed by atoms with E-state index in [1.165, 1.54) is 0 Å². The summed E-state index contributed by atoms with van der Waals surface area (Å²) in [5.41, 5.74) is 0. The summed E-state index contributed by atoms with van der Waals surface area (Å²) in [6.45, 7) is 0. The zero-order valence-electron chi connectivity index (χ0n) is 9.72. The van der Waals surface area contributed by atoms with E-state index in [2.05, 4.69) is 26.7 Å². The van der Waals surface area contributed by atoms with Crippen LogP contribution in [0, 0.1) is 0 Å². The molecule has 90 valence electrons. The van der Waals surface area contributed by atoms with Crippen molar-refractivity contribution in [2.24, 2.45) is 0 Å². The number of hydrogen-bond donors (Lipinski definition) is 1. The molecule has 1 saturated carbocycles. The standard InChI is InChI=1S/C12H15N3OS/c1-16-9-3-2-8(6-9)15-11-10-4-5-17-12(10)14-7-13-11/h4-5,7-9H,2-3,6H2,1H3,(H,13,14,15). The number of nitrogens with one attached hydrogen (secondary N) is 1. The Balaban J connectivity index is 1.79. The molecule has 1 aliphatic carbocycles. The van der Waals surface area contributed by atoms with E-state index in [0.29, 0.717) is 12.1 Å². The molecule has 0 spiro atoms. The summed E-state index contributed by atoms with van der Waals surface area (Å²) in [5, 5.41) is 6.69. The lowest BCUT2D eigenvalue weighted by Crippen LogP contribution is -2.18. The van der Waals surface area contributed by atoms with Crippen molar-refractivity contribution in [1.82, 2.24) is 9.97 Å². The minimum Gasteiger partial charge on any atom is -0.381 e. The van der Waals surface area contributed by atoms with Crippen molar-refractivity contribution < 1.29 is 4.74 Å². The molecule has 1 N–H and O–H groups in total. The lowest BCUT2D eigenvalue weighted by molar-refractivity contribution is 0.108. The van der Waals surface area contributed by atoms with Crippen LogP contribution in [0.4, 0.5) is 5.82 Å². The summed E-state index contributed by atoms with van der Waals surface area (Å²) in [7, 11) is 1.79. The highest BCUT2D eigenvalue weighted by Crippen LogP contribution is 2.28. The minimum absolute atomic E-state index is 0.396. The van der Waals surface area contributed by atoms with Crippen molar-refractivity contribution in [3.63, 3.8) is 0 Å². The highest BCUT2D eigenvalue weighted by molar-refractivity contribution is 7.16. The predicted molar refractivity (Wildman–Crippen MR) is 69.5 cm³/mol. The van der Waals surface area contributed by atoms with E-state index in [-0.39, 0.29) is 0 Å². The van der Waals surface area contributed by atoms with Crippen LogP contribution in [-0.2, 0) is 4.74 Å². The summed E-state index contributed by atoms with van der Waals surface area (Å²) < 4.78 is 5.38. The number of thiophene rings is 1. The molecule has 3 rings (SSSR count). The predicted octanol–water partition coefficient (Wildman–Crippen LogP) is 2.67. The average Bonchev–Trinajstić information content (AvgIpc) is 2.97. The van der Waals surface area contributed by atoms with Gasteiger partial charge < -0.3 is 10.1 Å². The van der Waals surface area contributed by atoms with Crippen LogP contribution in [0.1, 0.15) is 19.3 Å². The van der Waals surface area contributed by atoms with Crippen LogP contribution in [0.2, 0.25) is 0 Å². The van der Waals surface area contributed by atoms with Gasteiger partial charge in [0.2, 0.25) is 0 Å². The first kappa shape index (κ1) is 10.9. The summed E-state index contributed by atoms with van der Waals surface area (Å²) >= 11 is 1.65. The molecule has 1 aliphatic rings.